The van der Waals surface area contributed by atoms with E-state index in [2.05, 4.69) is 204 Å². The lowest BCUT2D eigenvalue weighted by Gasteiger charge is -2.26. The molecular weight excluding hydrogens is 581 g/mol. The van der Waals surface area contributed by atoms with Crippen LogP contribution in [0.4, 0.5) is 17.1 Å². The number of rotatable bonds is 6. The normalized spacial score (nSPS) is 11.3. The molecular formula is C46H32N2. The van der Waals surface area contributed by atoms with Crippen molar-refractivity contribution in [1.29, 1.82) is 0 Å². The summed E-state index contributed by atoms with van der Waals surface area (Å²) >= 11 is 0. The average molecular weight is 613 g/mol. The molecule has 1 heterocycles. The lowest BCUT2D eigenvalue weighted by atomic mass is 9.94. The first-order chi connectivity index (χ1) is 23.8. The van der Waals surface area contributed by atoms with E-state index in [0.717, 1.165) is 22.7 Å². The minimum absolute atomic E-state index is 1.11. The molecule has 9 aromatic rings. The Morgan fingerprint density at radius 3 is 1.79 bits per heavy atom. The number of para-hydroxylation sites is 2. The summed E-state index contributed by atoms with van der Waals surface area (Å²) in [5.74, 6) is 0. The highest BCUT2D eigenvalue weighted by Crippen LogP contribution is 2.44. The van der Waals surface area contributed by atoms with Gasteiger partial charge in [-0.2, -0.15) is 0 Å². The Balaban J connectivity index is 1.33. The molecule has 0 fully saturated rings. The molecule has 0 aliphatic rings. The van der Waals surface area contributed by atoms with Gasteiger partial charge >= 0.3 is 0 Å². The lowest BCUT2D eigenvalue weighted by molar-refractivity contribution is 1.18. The van der Waals surface area contributed by atoms with Crippen LogP contribution in [0.2, 0.25) is 0 Å². The Morgan fingerprint density at radius 1 is 0.354 bits per heavy atom. The van der Waals surface area contributed by atoms with Crippen LogP contribution in [0.25, 0.3) is 60.5 Å². The number of hydrogen-bond donors (Lipinski definition) is 0. The molecule has 48 heavy (non-hydrogen) atoms. The molecule has 0 saturated carbocycles. The van der Waals surface area contributed by atoms with E-state index in [9.17, 15) is 0 Å². The minimum atomic E-state index is 1.11. The monoisotopic (exact) mass is 612 g/mol. The quantitative estimate of drug-likeness (QED) is 0.181. The summed E-state index contributed by atoms with van der Waals surface area (Å²) in [6.07, 6.45) is 0. The van der Waals surface area contributed by atoms with Crippen LogP contribution >= 0.6 is 0 Å². The van der Waals surface area contributed by atoms with Crippen LogP contribution in [0, 0.1) is 0 Å². The molecule has 9 rings (SSSR count). The molecule has 2 nitrogen and oxygen atoms in total. The van der Waals surface area contributed by atoms with Crippen LogP contribution in [-0.4, -0.2) is 4.57 Å². The van der Waals surface area contributed by atoms with E-state index in [1.165, 1.54) is 54.8 Å². The molecule has 0 N–H and O–H groups in total. The van der Waals surface area contributed by atoms with E-state index >= 15 is 0 Å². The van der Waals surface area contributed by atoms with Crippen molar-refractivity contribution in [3.63, 3.8) is 0 Å². The standard InChI is InChI=1S/C46H32N2/c1-4-15-33(16-5-1)35-19-12-24-38(31-35)47(36-20-6-2-7-21-36)39-29-30-44-43(32-39)46-42(41-26-13-18-34-17-10-11-25-40(34)41)27-14-28-45(46)48(44)37-22-8-3-9-23-37/h1-32H. The summed E-state index contributed by atoms with van der Waals surface area (Å²) in [6, 6.07) is 69.9. The van der Waals surface area contributed by atoms with Crippen LogP contribution in [0.3, 0.4) is 0 Å². The molecule has 0 amide bonds. The van der Waals surface area contributed by atoms with E-state index in [1.807, 2.05) is 0 Å². The number of hydrogen-bond acceptors (Lipinski definition) is 1. The molecule has 0 radical (unpaired) electrons. The summed E-state index contributed by atoms with van der Waals surface area (Å²) in [5.41, 5.74) is 11.7. The molecule has 0 aliphatic carbocycles. The Hall–Kier alpha value is -6.38. The van der Waals surface area contributed by atoms with Crippen molar-refractivity contribution < 1.29 is 0 Å². The van der Waals surface area contributed by atoms with Gasteiger partial charge in [-0.25, -0.2) is 0 Å². The van der Waals surface area contributed by atoms with Gasteiger partial charge in [-0.15, -0.1) is 0 Å². The number of benzene rings is 8. The third-order valence-corrected chi connectivity index (χ3v) is 9.35. The van der Waals surface area contributed by atoms with Crippen molar-refractivity contribution in [2.24, 2.45) is 0 Å². The highest BCUT2D eigenvalue weighted by Gasteiger charge is 2.20. The van der Waals surface area contributed by atoms with Crippen LogP contribution in [0.1, 0.15) is 0 Å². The first-order valence-corrected chi connectivity index (χ1v) is 16.4. The van der Waals surface area contributed by atoms with Crippen LogP contribution in [0.15, 0.2) is 194 Å². The van der Waals surface area contributed by atoms with Gasteiger partial charge in [0.1, 0.15) is 0 Å². The van der Waals surface area contributed by atoms with Crippen LogP contribution in [-0.2, 0) is 0 Å². The Morgan fingerprint density at radius 2 is 0.958 bits per heavy atom. The predicted octanol–water partition coefficient (Wildman–Crippen LogP) is 12.7. The van der Waals surface area contributed by atoms with Crippen LogP contribution < -0.4 is 4.90 Å². The van der Waals surface area contributed by atoms with Gasteiger partial charge in [0.15, 0.2) is 0 Å². The van der Waals surface area contributed by atoms with Gasteiger partial charge in [0.05, 0.1) is 11.0 Å². The topological polar surface area (TPSA) is 8.17 Å². The van der Waals surface area contributed by atoms with Crippen molar-refractivity contribution in [2.45, 2.75) is 0 Å². The molecule has 0 unspecified atom stereocenters. The second kappa shape index (κ2) is 11.8. The van der Waals surface area contributed by atoms with Crippen molar-refractivity contribution in [2.75, 3.05) is 4.90 Å². The lowest BCUT2D eigenvalue weighted by Crippen LogP contribution is -2.10. The third kappa shape index (κ3) is 4.74. The molecule has 0 atom stereocenters. The average Bonchev–Trinajstić information content (AvgIpc) is 3.50. The van der Waals surface area contributed by atoms with E-state index in [-0.39, 0.29) is 0 Å². The molecule has 0 bridgehead atoms. The van der Waals surface area contributed by atoms with Gasteiger partial charge in [-0.05, 0) is 93.7 Å². The van der Waals surface area contributed by atoms with Crippen molar-refractivity contribution >= 4 is 49.6 Å². The minimum Gasteiger partial charge on any atom is -0.310 e. The zero-order valence-corrected chi connectivity index (χ0v) is 26.4. The van der Waals surface area contributed by atoms with E-state index in [0.29, 0.717) is 0 Å². The van der Waals surface area contributed by atoms with E-state index < -0.39 is 0 Å². The molecule has 8 aromatic carbocycles. The molecule has 0 spiro atoms. The maximum atomic E-state index is 2.41. The molecule has 0 aliphatic heterocycles. The van der Waals surface area contributed by atoms with Gasteiger partial charge in [0, 0.05) is 33.5 Å². The van der Waals surface area contributed by atoms with Crippen molar-refractivity contribution in [3.8, 4) is 27.9 Å². The van der Waals surface area contributed by atoms with E-state index in [4.69, 9.17) is 0 Å². The number of nitrogens with zero attached hydrogens (tertiary/aromatic N) is 2. The number of aromatic nitrogens is 1. The first-order valence-electron chi connectivity index (χ1n) is 16.4. The Bertz CT molecular complexity index is 2540. The second-order valence-corrected chi connectivity index (χ2v) is 12.2. The summed E-state index contributed by atoms with van der Waals surface area (Å²) in [5, 5.41) is 4.97. The summed E-state index contributed by atoms with van der Waals surface area (Å²) < 4.78 is 2.41. The van der Waals surface area contributed by atoms with Gasteiger partial charge in [-0.3, -0.25) is 0 Å². The molecule has 1 aromatic heterocycles. The van der Waals surface area contributed by atoms with Crippen LogP contribution in [0.5, 0.6) is 0 Å². The molecule has 0 saturated heterocycles. The third-order valence-electron chi connectivity index (χ3n) is 9.35. The maximum absolute atomic E-state index is 2.41. The highest BCUT2D eigenvalue weighted by molar-refractivity contribution is 6.18. The SMILES string of the molecule is c1ccc(-c2cccc(N(c3ccccc3)c3ccc4c(c3)c3c(-c5cccc6ccccc56)cccc3n4-c3ccccc3)c2)cc1. The zero-order chi connectivity index (χ0) is 31.9. The maximum Gasteiger partial charge on any atom is 0.0547 e. The zero-order valence-electron chi connectivity index (χ0n) is 26.4. The summed E-state index contributed by atoms with van der Waals surface area (Å²) in [6.45, 7) is 0. The van der Waals surface area contributed by atoms with Crippen molar-refractivity contribution in [1.82, 2.24) is 4.57 Å². The first kappa shape index (κ1) is 27.9. The molecule has 226 valence electrons. The highest BCUT2D eigenvalue weighted by atomic mass is 15.1. The van der Waals surface area contributed by atoms with E-state index in [1.54, 1.807) is 0 Å². The van der Waals surface area contributed by atoms with Gasteiger partial charge in [-0.1, -0.05) is 133 Å². The van der Waals surface area contributed by atoms with Gasteiger partial charge in [0.25, 0.3) is 0 Å². The summed E-state index contributed by atoms with van der Waals surface area (Å²) in [7, 11) is 0. The number of fused-ring (bicyclic) bond motifs is 4. The Labute approximate surface area is 280 Å². The fourth-order valence-electron chi connectivity index (χ4n) is 7.22. The fraction of sp³-hybridized carbons (Fsp3) is 0. The van der Waals surface area contributed by atoms with Crippen molar-refractivity contribution in [3.05, 3.63) is 194 Å². The predicted molar refractivity (Wildman–Crippen MR) is 204 cm³/mol. The van der Waals surface area contributed by atoms with Gasteiger partial charge < -0.3 is 9.47 Å². The smallest absolute Gasteiger partial charge is 0.0547 e. The number of anilines is 3. The largest absolute Gasteiger partial charge is 0.310 e. The Kier molecular flexibility index (Phi) is 6.84. The molecule has 2 heteroatoms. The fourth-order valence-corrected chi connectivity index (χ4v) is 7.22. The van der Waals surface area contributed by atoms with Gasteiger partial charge in [0.2, 0.25) is 0 Å². The second-order valence-electron chi connectivity index (χ2n) is 12.2. The summed E-state index contributed by atoms with van der Waals surface area (Å²) in [4.78, 5) is 2.37.